The molecule has 1 aromatic carbocycles. The summed E-state index contributed by atoms with van der Waals surface area (Å²) in [7, 11) is 1.44. The van der Waals surface area contributed by atoms with Crippen LogP contribution in [0.15, 0.2) is 16.6 Å². The molecule has 2 fully saturated rings. The molecule has 0 bridgehead atoms. The smallest absolute Gasteiger partial charge is 0.410 e. The summed E-state index contributed by atoms with van der Waals surface area (Å²) in [6, 6.07) is 3.23. The van der Waals surface area contributed by atoms with E-state index < -0.39 is 10.5 Å². The van der Waals surface area contributed by atoms with Crippen LogP contribution < -0.4 is 9.64 Å². The van der Waals surface area contributed by atoms with Crippen molar-refractivity contribution in [2.75, 3.05) is 57.8 Å². The van der Waals surface area contributed by atoms with E-state index in [0.717, 1.165) is 57.9 Å². The third-order valence-corrected chi connectivity index (χ3v) is 6.25. The van der Waals surface area contributed by atoms with Gasteiger partial charge in [-0.25, -0.2) is 4.79 Å². The van der Waals surface area contributed by atoms with E-state index >= 15 is 0 Å². The monoisotopic (exact) mass is 498 g/mol. The molecule has 0 radical (unpaired) electrons. The van der Waals surface area contributed by atoms with Crippen molar-refractivity contribution in [3.8, 4) is 5.75 Å². The maximum absolute atomic E-state index is 12.3. The van der Waals surface area contributed by atoms with Crippen molar-refractivity contribution in [2.45, 2.75) is 32.8 Å². The summed E-state index contributed by atoms with van der Waals surface area (Å²) in [5.41, 5.74) is 0.381. The zero-order valence-corrected chi connectivity index (χ0v) is 20.2. The van der Waals surface area contributed by atoms with Gasteiger partial charge in [0.25, 0.3) is 0 Å². The van der Waals surface area contributed by atoms with Gasteiger partial charge in [0, 0.05) is 62.4 Å². The second-order valence-electron chi connectivity index (χ2n) is 9.10. The summed E-state index contributed by atoms with van der Waals surface area (Å²) >= 11 is 3.48. The molecule has 10 heteroatoms. The first kappa shape index (κ1) is 23.6. The molecule has 1 aromatic rings. The molecule has 0 spiro atoms. The lowest BCUT2D eigenvalue weighted by Crippen LogP contribution is -2.48. The van der Waals surface area contributed by atoms with Crippen LogP contribution in [0.1, 0.15) is 27.2 Å². The van der Waals surface area contributed by atoms with Gasteiger partial charge in [-0.15, -0.1) is 0 Å². The molecule has 2 heterocycles. The highest BCUT2D eigenvalue weighted by molar-refractivity contribution is 9.10. The fraction of sp³-hybridized carbons (Fsp3) is 0.667. The number of carbonyl (C=O) groups is 1. The highest BCUT2D eigenvalue weighted by Gasteiger charge is 2.31. The fourth-order valence-corrected chi connectivity index (χ4v) is 4.67. The molecule has 2 aliphatic rings. The third-order valence-electron chi connectivity index (χ3n) is 5.61. The quantitative estimate of drug-likeness (QED) is 0.451. The van der Waals surface area contributed by atoms with Crippen molar-refractivity contribution < 1.29 is 19.2 Å². The second kappa shape index (κ2) is 9.60. The Bertz CT molecular complexity index is 821. The predicted octanol–water partition coefficient (Wildman–Crippen LogP) is 3.74. The maximum Gasteiger partial charge on any atom is 0.410 e. The van der Waals surface area contributed by atoms with Gasteiger partial charge in [-0.2, -0.15) is 0 Å². The molecule has 0 N–H and O–H groups in total. The number of hydrogen-bond donors (Lipinski definition) is 0. The van der Waals surface area contributed by atoms with Gasteiger partial charge >= 0.3 is 11.8 Å². The van der Waals surface area contributed by atoms with Crippen LogP contribution in [-0.2, 0) is 4.74 Å². The number of nitrogens with zero attached hydrogens (tertiary/aromatic N) is 4. The zero-order chi connectivity index (χ0) is 22.8. The maximum atomic E-state index is 12.3. The Morgan fingerprint density at radius 3 is 2.48 bits per heavy atom. The van der Waals surface area contributed by atoms with Gasteiger partial charge in [0.2, 0.25) is 0 Å². The molecule has 172 valence electrons. The van der Waals surface area contributed by atoms with Crippen LogP contribution in [0.2, 0.25) is 0 Å². The van der Waals surface area contributed by atoms with E-state index in [1.54, 1.807) is 6.07 Å². The van der Waals surface area contributed by atoms with Gasteiger partial charge < -0.3 is 19.3 Å². The van der Waals surface area contributed by atoms with E-state index in [4.69, 9.17) is 9.47 Å². The Labute approximate surface area is 191 Å². The highest BCUT2D eigenvalue weighted by Crippen LogP contribution is 2.38. The number of likely N-dealkylation sites (tertiary alicyclic amines) is 1. The topological polar surface area (TPSA) is 88.4 Å². The lowest BCUT2D eigenvalue weighted by atomic mass is 10.1. The second-order valence-corrected chi connectivity index (χ2v) is 9.96. The molecular formula is C21H31BrN4O5. The Balaban J connectivity index is 1.53. The van der Waals surface area contributed by atoms with Crippen molar-refractivity contribution in [1.82, 2.24) is 9.80 Å². The zero-order valence-electron chi connectivity index (χ0n) is 18.6. The van der Waals surface area contributed by atoms with Crippen molar-refractivity contribution >= 4 is 33.4 Å². The minimum absolute atomic E-state index is 0.0486. The first-order valence-electron chi connectivity index (χ1n) is 10.5. The van der Waals surface area contributed by atoms with E-state index in [-0.39, 0.29) is 17.5 Å². The summed E-state index contributed by atoms with van der Waals surface area (Å²) in [6.07, 6.45) is 0.765. The van der Waals surface area contributed by atoms with Gasteiger partial charge in [0.1, 0.15) is 5.60 Å². The number of nitro groups is 1. The summed E-state index contributed by atoms with van der Waals surface area (Å²) in [6.45, 7) is 11.5. The lowest BCUT2D eigenvalue weighted by molar-refractivity contribution is -0.385. The minimum atomic E-state index is -0.472. The summed E-state index contributed by atoms with van der Waals surface area (Å²) in [5.74, 6) is 0.712. The van der Waals surface area contributed by atoms with Crippen LogP contribution in [0.4, 0.5) is 16.2 Å². The van der Waals surface area contributed by atoms with E-state index in [1.165, 1.54) is 13.2 Å². The van der Waals surface area contributed by atoms with E-state index in [2.05, 4.69) is 25.7 Å². The number of ether oxygens (including phenoxy) is 2. The molecule has 1 amide bonds. The SMILES string of the molecule is COc1cc(N2CCN(C[C@H]3CCN(C(=O)OC(C)(C)C)C3)CC2)c(Br)cc1[N+](=O)[O-]. The molecule has 9 nitrogen and oxygen atoms in total. The van der Waals surface area contributed by atoms with Crippen LogP contribution in [0.5, 0.6) is 5.75 Å². The number of benzene rings is 1. The van der Waals surface area contributed by atoms with E-state index in [0.29, 0.717) is 10.4 Å². The average Bonchev–Trinajstić information content (AvgIpc) is 3.16. The van der Waals surface area contributed by atoms with Crippen LogP contribution in [-0.4, -0.2) is 79.3 Å². The predicted molar refractivity (Wildman–Crippen MR) is 122 cm³/mol. The van der Waals surface area contributed by atoms with E-state index in [1.807, 2.05) is 25.7 Å². The average molecular weight is 499 g/mol. The molecule has 2 saturated heterocycles. The molecule has 1 atom stereocenters. The number of hydrogen-bond acceptors (Lipinski definition) is 7. The third kappa shape index (κ3) is 6.00. The van der Waals surface area contributed by atoms with Crippen LogP contribution >= 0.6 is 15.9 Å². The van der Waals surface area contributed by atoms with Crippen LogP contribution in [0, 0.1) is 16.0 Å². The molecule has 0 aliphatic carbocycles. The fourth-order valence-electron chi connectivity index (χ4n) is 4.09. The van der Waals surface area contributed by atoms with Gasteiger partial charge in [-0.05, 0) is 49.0 Å². The van der Waals surface area contributed by atoms with Gasteiger partial charge in [-0.3, -0.25) is 15.0 Å². The number of methoxy groups -OCH3 is 1. The van der Waals surface area contributed by atoms with Crippen molar-refractivity contribution in [3.63, 3.8) is 0 Å². The molecule has 0 saturated carbocycles. The summed E-state index contributed by atoms with van der Waals surface area (Å²) in [4.78, 5) is 29.5. The molecule has 3 rings (SSSR count). The number of rotatable bonds is 5. The number of amides is 1. The first-order valence-corrected chi connectivity index (χ1v) is 11.3. The van der Waals surface area contributed by atoms with Gasteiger partial charge in [0.05, 0.1) is 17.7 Å². The molecular weight excluding hydrogens is 468 g/mol. The standard InChI is InChI=1S/C21H31BrN4O5/c1-21(2,3)31-20(27)25-6-5-15(14-25)13-23-7-9-24(10-8-23)17-12-19(30-4)18(26(28)29)11-16(17)22/h11-12,15H,5-10,13-14H2,1-4H3/t15-/m1/s1. The Hall–Kier alpha value is -2.07. The molecule has 0 unspecified atom stereocenters. The largest absolute Gasteiger partial charge is 0.490 e. The van der Waals surface area contributed by atoms with Crippen LogP contribution in [0.25, 0.3) is 0 Å². The molecule has 0 aromatic heterocycles. The minimum Gasteiger partial charge on any atom is -0.490 e. The molecule has 2 aliphatic heterocycles. The number of piperazine rings is 1. The summed E-state index contributed by atoms with van der Waals surface area (Å²) in [5, 5.41) is 11.2. The Morgan fingerprint density at radius 1 is 1.23 bits per heavy atom. The Morgan fingerprint density at radius 2 is 1.90 bits per heavy atom. The van der Waals surface area contributed by atoms with Crippen molar-refractivity contribution in [3.05, 3.63) is 26.7 Å². The van der Waals surface area contributed by atoms with Gasteiger partial charge in [-0.1, -0.05) is 0 Å². The molecule has 31 heavy (non-hydrogen) atoms. The highest BCUT2D eigenvalue weighted by atomic mass is 79.9. The number of nitro benzene ring substituents is 1. The Kier molecular flexibility index (Phi) is 7.31. The van der Waals surface area contributed by atoms with E-state index in [9.17, 15) is 14.9 Å². The summed E-state index contributed by atoms with van der Waals surface area (Å²) < 4.78 is 11.4. The van der Waals surface area contributed by atoms with Crippen molar-refractivity contribution in [2.24, 2.45) is 5.92 Å². The lowest BCUT2D eigenvalue weighted by Gasteiger charge is -2.37. The number of anilines is 1. The van der Waals surface area contributed by atoms with Gasteiger partial charge in [0.15, 0.2) is 5.75 Å². The van der Waals surface area contributed by atoms with Crippen molar-refractivity contribution in [1.29, 1.82) is 0 Å². The first-order chi connectivity index (χ1) is 14.6. The number of carbonyl (C=O) groups excluding carboxylic acids is 1. The normalized spacial score (nSPS) is 20.1. The van der Waals surface area contributed by atoms with Crippen LogP contribution in [0.3, 0.4) is 0 Å². The number of halogens is 1.